The largest absolute Gasteiger partial charge is 0.380 e. The maximum Gasteiger partial charge on any atom is 0.152 e. The van der Waals surface area contributed by atoms with Gasteiger partial charge in [0.15, 0.2) is 9.84 Å². The molecule has 4 nitrogen and oxygen atoms in total. The van der Waals surface area contributed by atoms with Crippen LogP contribution in [0.2, 0.25) is 0 Å². The number of nitrogens with zero attached hydrogens (tertiary/aromatic N) is 1. The Kier molecular flexibility index (Phi) is 3.85. The molecule has 20 heavy (non-hydrogen) atoms. The zero-order chi connectivity index (χ0) is 15.0. The lowest BCUT2D eigenvalue weighted by Gasteiger charge is -2.08. The lowest BCUT2D eigenvalue weighted by Crippen LogP contribution is -2.18. The number of hydrogen-bond acceptors (Lipinski definition) is 4. The van der Waals surface area contributed by atoms with Gasteiger partial charge in [-0.3, -0.25) is 0 Å². The zero-order valence-electron chi connectivity index (χ0n) is 11.3. The number of rotatable bonds is 5. The minimum absolute atomic E-state index is 0.0692. The molecule has 1 aliphatic carbocycles. The molecule has 6 heteroatoms. The molecular formula is C14H16FNO3S. The Morgan fingerprint density at radius 1 is 1.40 bits per heavy atom. The standard InChI is InChI=1S/C14H16FNO3S/c1-3-19-9-14(8-16)12(13(14)20(2,17)18)10-4-6-11(15)7-5-10/h4-7,12-13H,3,9H2,1-2H3/t12-,13+,14+/m0/s1. The number of benzene rings is 1. The Morgan fingerprint density at radius 3 is 2.45 bits per heavy atom. The zero-order valence-corrected chi connectivity index (χ0v) is 12.2. The molecule has 1 aliphatic rings. The quantitative estimate of drug-likeness (QED) is 0.832. The summed E-state index contributed by atoms with van der Waals surface area (Å²) < 4.78 is 42.1. The summed E-state index contributed by atoms with van der Waals surface area (Å²) in [5.41, 5.74) is -0.412. The molecule has 0 saturated heterocycles. The molecule has 1 aromatic rings. The SMILES string of the molecule is CCOC[C@@]1(C#N)[C@H](S(C)(=O)=O)[C@@H]1c1ccc(F)cc1. The summed E-state index contributed by atoms with van der Waals surface area (Å²) in [6, 6.07) is 7.72. The highest BCUT2D eigenvalue weighted by Gasteiger charge is 2.71. The Bertz CT molecular complexity index is 635. The molecular weight excluding hydrogens is 281 g/mol. The van der Waals surface area contributed by atoms with Crippen LogP contribution in [0.25, 0.3) is 0 Å². The molecule has 0 spiro atoms. The molecule has 1 fully saturated rings. The summed E-state index contributed by atoms with van der Waals surface area (Å²) in [6.45, 7) is 2.27. The molecule has 2 rings (SSSR count). The van der Waals surface area contributed by atoms with E-state index in [0.29, 0.717) is 12.2 Å². The number of nitriles is 1. The van der Waals surface area contributed by atoms with Gasteiger partial charge in [-0.1, -0.05) is 12.1 Å². The Balaban J connectivity index is 2.40. The van der Waals surface area contributed by atoms with E-state index in [0.717, 1.165) is 6.26 Å². The van der Waals surface area contributed by atoms with Crippen LogP contribution in [0.4, 0.5) is 4.39 Å². The van der Waals surface area contributed by atoms with Gasteiger partial charge in [0.25, 0.3) is 0 Å². The highest BCUT2D eigenvalue weighted by Crippen LogP contribution is 2.62. The molecule has 1 aromatic carbocycles. The summed E-state index contributed by atoms with van der Waals surface area (Å²) in [6.07, 6.45) is 1.12. The molecule has 3 atom stereocenters. The molecule has 0 N–H and O–H groups in total. The van der Waals surface area contributed by atoms with E-state index in [1.54, 1.807) is 6.92 Å². The van der Waals surface area contributed by atoms with Crippen LogP contribution in [0, 0.1) is 22.6 Å². The molecule has 0 amide bonds. The van der Waals surface area contributed by atoms with Crippen molar-refractivity contribution in [3.05, 3.63) is 35.6 Å². The number of sulfone groups is 1. The van der Waals surface area contributed by atoms with Crippen LogP contribution < -0.4 is 0 Å². The van der Waals surface area contributed by atoms with E-state index in [2.05, 4.69) is 6.07 Å². The lowest BCUT2D eigenvalue weighted by molar-refractivity contribution is 0.117. The first-order valence-electron chi connectivity index (χ1n) is 6.30. The van der Waals surface area contributed by atoms with E-state index < -0.39 is 32.2 Å². The van der Waals surface area contributed by atoms with Crippen molar-refractivity contribution in [3.8, 4) is 6.07 Å². The van der Waals surface area contributed by atoms with Crippen LogP contribution in [-0.4, -0.2) is 33.1 Å². The number of hydrogen-bond donors (Lipinski definition) is 0. The fraction of sp³-hybridized carbons (Fsp3) is 0.500. The van der Waals surface area contributed by atoms with E-state index in [1.165, 1.54) is 24.3 Å². The van der Waals surface area contributed by atoms with Crippen molar-refractivity contribution >= 4 is 9.84 Å². The predicted octanol–water partition coefficient (Wildman–Crippen LogP) is 1.88. The molecule has 108 valence electrons. The summed E-state index contributed by atoms with van der Waals surface area (Å²) in [5, 5.41) is 8.64. The van der Waals surface area contributed by atoms with Crippen molar-refractivity contribution in [1.29, 1.82) is 5.26 Å². The van der Waals surface area contributed by atoms with Crippen molar-refractivity contribution in [1.82, 2.24) is 0 Å². The minimum Gasteiger partial charge on any atom is -0.380 e. The van der Waals surface area contributed by atoms with Gasteiger partial charge in [-0.05, 0) is 24.6 Å². The van der Waals surface area contributed by atoms with Crippen LogP contribution in [0.3, 0.4) is 0 Å². The van der Waals surface area contributed by atoms with Gasteiger partial charge in [-0.15, -0.1) is 0 Å². The maximum atomic E-state index is 13.0. The van der Waals surface area contributed by atoms with Gasteiger partial charge in [-0.2, -0.15) is 5.26 Å². The Morgan fingerprint density at radius 2 is 2.00 bits per heavy atom. The van der Waals surface area contributed by atoms with E-state index in [4.69, 9.17) is 4.74 Å². The topological polar surface area (TPSA) is 67.2 Å². The van der Waals surface area contributed by atoms with E-state index in [-0.39, 0.29) is 6.61 Å². The number of halogens is 1. The van der Waals surface area contributed by atoms with Gasteiger partial charge in [0.1, 0.15) is 11.2 Å². The second-order valence-electron chi connectivity index (χ2n) is 5.07. The third-order valence-electron chi connectivity index (χ3n) is 3.70. The summed E-state index contributed by atoms with van der Waals surface area (Å²) >= 11 is 0. The van der Waals surface area contributed by atoms with E-state index >= 15 is 0 Å². The molecule has 0 aliphatic heterocycles. The maximum absolute atomic E-state index is 13.0. The van der Waals surface area contributed by atoms with Crippen molar-refractivity contribution in [2.45, 2.75) is 18.1 Å². The summed E-state index contributed by atoms with van der Waals surface area (Å²) in [4.78, 5) is 0. The first kappa shape index (κ1) is 14.9. The average Bonchev–Trinajstić information content (AvgIpc) is 3.07. The van der Waals surface area contributed by atoms with Crippen LogP contribution in [0.1, 0.15) is 18.4 Å². The van der Waals surface area contributed by atoms with Crippen molar-refractivity contribution in [2.24, 2.45) is 5.41 Å². The molecule has 0 heterocycles. The highest BCUT2D eigenvalue weighted by atomic mass is 32.2. The van der Waals surface area contributed by atoms with Gasteiger partial charge in [-0.25, -0.2) is 12.8 Å². The van der Waals surface area contributed by atoms with Gasteiger partial charge >= 0.3 is 0 Å². The summed E-state index contributed by atoms with van der Waals surface area (Å²) in [7, 11) is -3.38. The van der Waals surface area contributed by atoms with Gasteiger partial charge in [0.2, 0.25) is 0 Å². The molecule has 0 bridgehead atoms. The molecule has 0 aromatic heterocycles. The molecule has 0 unspecified atom stereocenters. The first-order valence-corrected chi connectivity index (χ1v) is 8.25. The van der Waals surface area contributed by atoms with Crippen molar-refractivity contribution in [3.63, 3.8) is 0 Å². The second-order valence-corrected chi connectivity index (χ2v) is 7.24. The van der Waals surface area contributed by atoms with Crippen LogP contribution in [0.5, 0.6) is 0 Å². The van der Waals surface area contributed by atoms with E-state index in [1.807, 2.05) is 0 Å². The first-order chi connectivity index (χ1) is 9.36. The Hall–Kier alpha value is -1.45. The molecule has 1 saturated carbocycles. The summed E-state index contributed by atoms with van der Waals surface area (Å²) in [5.74, 6) is -0.854. The Labute approximate surface area is 118 Å². The van der Waals surface area contributed by atoms with Crippen molar-refractivity contribution in [2.75, 3.05) is 19.5 Å². The van der Waals surface area contributed by atoms with Crippen LogP contribution in [0.15, 0.2) is 24.3 Å². The van der Waals surface area contributed by atoms with Gasteiger partial charge in [0.05, 0.1) is 17.9 Å². The lowest BCUT2D eigenvalue weighted by atomic mass is 10.0. The van der Waals surface area contributed by atoms with Crippen LogP contribution >= 0.6 is 0 Å². The van der Waals surface area contributed by atoms with Crippen molar-refractivity contribution < 1.29 is 17.5 Å². The van der Waals surface area contributed by atoms with Gasteiger partial charge in [0, 0.05) is 18.8 Å². The monoisotopic (exact) mass is 297 g/mol. The highest BCUT2D eigenvalue weighted by molar-refractivity contribution is 7.91. The van der Waals surface area contributed by atoms with E-state index in [9.17, 15) is 18.1 Å². The molecule has 0 radical (unpaired) electrons. The third-order valence-corrected chi connectivity index (χ3v) is 5.32. The predicted molar refractivity (Wildman–Crippen MR) is 72.3 cm³/mol. The minimum atomic E-state index is -3.38. The normalized spacial score (nSPS) is 28.9. The fourth-order valence-corrected chi connectivity index (χ4v) is 4.63. The number of ether oxygens (including phenoxy) is 1. The fourth-order valence-electron chi connectivity index (χ4n) is 2.78. The van der Waals surface area contributed by atoms with Crippen LogP contribution in [-0.2, 0) is 14.6 Å². The third kappa shape index (κ3) is 2.43. The second kappa shape index (κ2) is 5.15. The average molecular weight is 297 g/mol. The van der Waals surface area contributed by atoms with Gasteiger partial charge < -0.3 is 4.74 Å². The smallest absolute Gasteiger partial charge is 0.152 e.